The average Bonchev–Trinajstić information content (AvgIpc) is 2.64. The first-order valence-electron chi connectivity index (χ1n) is 5.22. The topological polar surface area (TPSA) is 76.3 Å². The van der Waals surface area contributed by atoms with Gasteiger partial charge in [-0.15, -0.1) is 0 Å². The molecule has 0 N–H and O–H groups in total. The zero-order valence-corrected chi connectivity index (χ0v) is 10.2. The van der Waals surface area contributed by atoms with Crippen LogP contribution in [0.5, 0.6) is 0 Å². The maximum Gasteiger partial charge on any atom is 0.231 e. The standard InChI is InChI=1S/C9H15N3O3S/c1-7-10-9(15-11-7)8-4-3-5-12(6-8)16(2,13)14/h8H,3-6H2,1-2H3/t8-/m1/s1. The number of aromatic nitrogens is 2. The lowest BCUT2D eigenvalue weighted by Gasteiger charge is -2.28. The van der Waals surface area contributed by atoms with Crippen molar-refractivity contribution in [2.24, 2.45) is 0 Å². The highest BCUT2D eigenvalue weighted by molar-refractivity contribution is 7.88. The molecule has 1 fully saturated rings. The van der Waals surface area contributed by atoms with E-state index in [1.165, 1.54) is 10.6 Å². The molecule has 0 bridgehead atoms. The molecule has 0 radical (unpaired) electrons. The van der Waals surface area contributed by atoms with Crippen LogP contribution in [0.1, 0.15) is 30.5 Å². The van der Waals surface area contributed by atoms with E-state index in [1.54, 1.807) is 6.92 Å². The molecule has 1 aliphatic heterocycles. The maximum atomic E-state index is 11.4. The van der Waals surface area contributed by atoms with Crippen molar-refractivity contribution in [3.8, 4) is 0 Å². The predicted molar refractivity (Wildman–Crippen MR) is 57.4 cm³/mol. The fraction of sp³-hybridized carbons (Fsp3) is 0.778. The largest absolute Gasteiger partial charge is 0.339 e. The molecule has 0 unspecified atom stereocenters. The first-order chi connectivity index (χ1) is 7.47. The highest BCUT2D eigenvalue weighted by atomic mass is 32.2. The van der Waals surface area contributed by atoms with Crippen LogP contribution in [0.2, 0.25) is 0 Å². The Labute approximate surface area is 94.7 Å². The van der Waals surface area contributed by atoms with Gasteiger partial charge in [-0.25, -0.2) is 12.7 Å². The lowest BCUT2D eigenvalue weighted by atomic mass is 10.00. The molecular weight excluding hydrogens is 230 g/mol. The van der Waals surface area contributed by atoms with Gasteiger partial charge in [0, 0.05) is 13.1 Å². The average molecular weight is 245 g/mol. The molecule has 1 aliphatic rings. The monoisotopic (exact) mass is 245 g/mol. The van der Waals surface area contributed by atoms with E-state index in [2.05, 4.69) is 10.1 Å². The summed E-state index contributed by atoms with van der Waals surface area (Å²) in [6, 6.07) is 0. The van der Waals surface area contributed by atoms with Crippen LogP contribution in [0, 0.1) is 6.92 Å². The van der Waals surface area contributed by atoms with E-state index in [0.717, 1.165) is 12.8 Å². The Balaban J connectivity index is 2.13. The SMILES string of the molecule is Cc1noc([C@@H]2CCCN(S(C)(=O)=O)C2)n1. The van der Waals surface area contributed by atoms with Crippen molar-refractivity contribution in [2.45, 2.75) is 25.7 Å². The number of nitrogens with zero attached hydrogens (tertiary/aromatic N) is 3. The summed E-state index contributed by atoms with van der Waals surface area (Å²) in [5, 5.41) is 3.72. The zero-order chi connectivity index (χ0) is 11.8. The molecule has 0 aromatic carbocycles. The number of piperidine rings is 1. The van der Waals surface area contributed by atoms with Gasteiger partial charge in [-0.05, 0) is 19.8 Å². The Kier molecular flexibility index (Phi) is 2.98. The number of sulfonamides is 1. The molecule has 6 nitrogen and oxygen atoms in total. The molecule has 1 aromatic heterocycles. The minimum atomic E-state index is -3.12. The second-order valence-corrected chi connectivity index (χ2v) is 6.12. The van der Waals surface area contributed by atoms with Gasteiger partial charge in [0.15, 0.2) is 5.82 Å². The smallest absolute Gasteiger partial charge is 0.231 e. The van der Waals surface area contributed by atoms with Crippen LogP contribution < -0.4 is 0 Å². The zero-order valence-electron chi connectivity index (χ0n) is 9.38. The first kappa shape index (κ1) is 11.5. The van der Waals surface area contributed by atoms with Crippen molar-refractivity contribution in [1.82, 2.24) is 14.4 Å². The van der Waals surface area contributed by atoms with E-state index >= 15 is 0 Å². The van der Waals surface area contributed by atoms with Gasteiger partial charge in [-0.2, -0.15) is 4.98 Å². The summed E-state index contributed by atoms with van der Waals surface area (Å²) >= 11 is 0. The number of rotatable bonds is 2. The van der Waals surface area contributed by atoms with Crippen molar-refractivity contribution in [1.29, 1.82) is 0 Å². The van der Waals surface area contributed by atoms with Crippen LogP contribution in [-0.4, -0.2) is 42.2 Å². The molecule has 7 heteroatoms. The van der Waals surface area contributed by atoms with Crippen LogP contribution in [-0.2, 0) is 10.0 Å². The third-order valence-corrected chi connectivity index (χ3v) is 4.02. The Morgan fingerprint density at radius 3 is 2.81 bits per heavy atom. The molecule has 0 amide bonds. The van der Waals surface area contributed by atoms with Crippen molar-refractivity contribution < 1.29 is 12.9 Å². The Morgan fingerprint density at radius 1 is 1.50 bits per heavy atom. The van der Waals surface area contributed by atoms with Gasteiger partial charge >= 0.3 is 0 Å². The first-order valence-corrected chi connectivity index (χ1v) is 7.07. The summed E-state index contributed by atoms with van der Waals surface area (Å²) in [5.74, 6) is 1.17. The second kappa shape index (κ2) is 4.14. The van der Waals surface area contributed by atoms with Crippen LogP contribution in [0.25, 0.3) is 0 Å². The summed E-state index contributed by atoms with van der Waals surface area (Å²) in [5.41, 5.74) is 0. The van der Waals surface area contributed by atoms with E-state index in [0.29, 0.717) is 24.8 Å². The number of aryl methyl sites for hydroxylation is 1. The summed E-state index contributed by atoms with van der Waals surface area (Å²) in [4.78, 5) is 4.15. The summed E-state index contributed by atoms with van der Waals surface area (Å²) in [7, 11) is -3.12. The van der Waals surface area contributed by atoms with Crippen molar-refractivity contribution in [3.63, 3.8) is 0 Å². The lowest BCUT2D eigenvalue weighted by molar-refractivity contribution is 0.266. The second-order valence-electron chi connectivity index (χ2n) is 4.14. The van der Waals surface area contributed by atoms with E-state index in [9.17, 15) is 8.42 Å². The fourth-order valence-corrected chi connectivity index (χ4v) is 2.84. The van der Waals surface area contributed by atoms with Crippen molar-refractivity contribution >= 4 is 10.0 Å². The predicted octanol–water partition coefficient (Wildman–Crippen LogP) is 0.517. The Morgan fingerprint density at radius 2 is 2.25 bits per heavy atom. The van der Waals surface area contributed by atoms with Crippen LogP contribution in [0.4, 0.5) is 0 Å². The summed E-state index contributed by atoms with van der Waals surface area (Å²) in [6.45, 7) is 2.78. The van der Waals surface area contributed by atoms with Crippen molar-refractivity contribution in [2.75, 3.05) is 19.3 Å². The Hall–Kier alpha value is -0.950. The molecule has 1 saturated heterocycles. The van der Waals surface area contributed by atoms with Gasteiger partial charge in [0.05, 0.1) is 12.2 Å². The number of hydrogen-bond donors (Lipinski definition) is 0. The van der Waals surface area contributed by atoms with Crippen LogP contribution in [0.3, 0.4) is 0 Å². The molecule has 2 heterocycles. The highest BCUT2D eigenvalue weighted by Gasteiger charge is 2.29. The normalized spacial score (nSPS) is 23.5. The van der Waals surface area contributed by atoms with E-state index in [4.69, 9.17) is 4.52 Å². The van der Waals surface area contributed by atoms with Crippen LogP contribution in [0.15, 0.2) is 4.52 Å². The fourth-order valence-electron chi connectivity index (χ4n) is 1.92. The third-order valence-electron chi connectivity index (χ3n) is 2.75. The number of hydrogen-bond acceptors (Lipinski definition) is 5. The summed E-state index contributed by atoms with van der Waals surface area (Å²) in [6.07, 6.45) is 2.96. The molecule has 1 aromatic rings. The van der Waals surface area contributed by atoms with E-state index in [1.807, 2.05) is 0 Å². The molecule has 0 spiro atoms. The quantitative estimate of drug-likeness (QED) is 0.759. The van der Waals surface area contributed by atoms with Gasteiger partial charge in [0.25, 0.3) is 0 Å². The molecule has 16 heavy (non-hydrogen) atoms. The minimum Gasteiger partial charge on any atom is -0.339 e. The lowest BCUT2D eigenvalue weighted by Crippen LogP contribution is -2.38. The van der Waals surface area contributed by atoms with E-state index < -0.39 is 10.0 Å². The van der Waals surface area contributed by atoms with Gasteiger partial charge < -0.3 is 4.52 Å². The Bertz CT molecular complexity index is 468. The molecule has 1 atom stereocenters. The molecular formula is C9H15N3O3S. The molecule has 0 aliphatic carbocycles. The third kappa shape index (κ3) is 2.41. The highest BCUT2D eigenvalue weighted by Crippen LogP contribution is 2.26. The maximum absolute atomic E-state index is 11.4. The molecule has 2 rings (SSSR count). The van der Waals surface area contributed by atoms with Gasteiger partial charge in [0.1, 0.15) is 0 Å². The minimum absolute atomic E-state index is 0.0321. The van der Waals surface area contributed by atoms with Gasteiger partial charge in [0.2, 0.25) is 15.9 Å². The van der Waals surface area contributed by atoms with Gasteiger partial charge in [-0.1, -0.05) is 5.16 Å². The molecule has 90 valence electrons. The summed E-state index contributed by atoms with van der Waals surface area (Å²) < 4.78 is 29.4. The molecule has 0 saturated carbocycles. The van der Waals surface area contributed by atoms with E-state index in [-0.39, 0.29) is 5.92 Å². The van der Waals surface area contributed by atoms with Gasteiger partial charge in [-0.3, -0.25) is 0 Å². The van der Waals surface area contributed by atoms with Crippen molar-refractivity contribution in [3.05, 3.63) is 11.7 Å². The van der Waals surface area contributed by atoms with Crippen LogP contribution >= 0.6 is 0 Å².